The zero-order chi connectivity index (χ0) is 48.1. The molecule has 4 aliphatic rings. The van der Waals surface area contributed by atoms with Crippen LogP contribution in [0.15, 0.2) is 12.1 Å². The normalized spacial score (nSPS) is 27.8. The number of rotatable bonds is 8. The first-order chi connectivity index (χ1) is 29.5. The predicted octanol–water partition coefficient (Wildman–Crippen LogP) is 13.4. The molecule has 6 rings (SSSR count). The van der Waals surface area contributed by atoms with Crippen molar-refractivity contribution in [3.63, 3.8) is 0 Å². The van der Waals surface area contributed by atoms with E-state index in [9.17, 15) is 35.9 Å². The van der Waals surface area contributed by atoms with E-state index >= 15 is 9.59 Å². The van der Waals surface area contributed by atoms with Gasteiger partial charge in [0.15, 0.2) is 21.7 Å². The molecule has 0 bridgehead atoms. The molecule has 2 aromatic heterocycles. The summed E-state index contributed by atoms with van der Waals surface area (Å²) in [6.07, 6.45) is -10.5. The Morgan fingerprint density at radius 2 is 0.828 bits per heavy atom. The topological polar surface area (TPSA) is 86.7 Å². The van der Waals surface area contributed by atoms with Crippen LogP contribution in [0.3, 0.4) is 0 Å². The molecule has 0 aliphatic heterocycles. The van der Waals surface area contributed by atoms with E-state index in [0.717, 1.165) is 22.7 Å². The maximum atomic E-state index is 15.1. The summed E-state index contributed by atoms with van der Waals surface area (Å²) >= 11 is 1.74. The Morgan fingerprint density at radius 3 is 1.08 bits per heavy atom. The van der Waals surface area contributed by atoms with Crippen molar-refractivity contribution in [3.05, 3.63) is 33.0 Å². The minimum Gasteiger partial charge on any atom is -0.409 e. The van der Waals surface area contributed by atoms with Gasteiger partial charge < -0.3 is 9.47 Å². The highest BCUT2D eigenvalue weighted by Crippen LogP contribution is 2.69. The molecule has 16 heteroatoms. The van der Waals surface area contributed by atoms with Crippen LogP contribution in [0.25, 0.3) is 0 Å². The molecule has 0 spiro atoms. The fourth-order valence-corrected chi connectivity index (χ4v) is 26.3. The molecule has 0 radical (unpaired) electrons. The van der Waals surface area contributed by atoms with Gasteiger partial charge in [-0.25, -0.2) is 9.59 Å². The van der Waals surface area contributed by atoms with E-state index in [1.54, 1.807) is 0 Å². The van der Waals surface area contributed by atoms with E-state index in [0.29, 0.717) is 9.75 Å². The van der Waals surface area contributed by atoms with Crippen LogP contribution in [0.4, 0.5) is 26.3 Å². The molecule has 2 heterocycles. The number of carbonyl (C=O) groups is 4. The Hall–Kier alpha value is -3.19. The zero-order valence-electron chi connectivity index (χ0n) is 38.9. The van der Waals surface area contributed by atoms with Gasteiger partial charge in [0.1, 0.15) is 16.1 Å². The summed E-state index contributed by atoms with van der Waals surface area (Å²) in [5.74, 6) is -3.11. The van der Waals surface area contributed by atoms with Crippen LogP contribution < -0.4 is 9.47 Å². The third kappa shape index (κ3) is 7.99. The summed E-state index contributed by atoms with van der Waals surface area (Å²) < 4.78 is 90.2. The number of thiophene rings is 2. The Morgan fingerprint density at radius 1 is 0.547 bits per heavy atom. The van der Waals surface area contributed by atoms with Gasteiger partial charge in [-0.05, 0) is 56.9 Å². The Labute approximate surface area is 383 Å². The van der Waals surface area contributed by atoms with E-state index in [1.807, 2.05) is 13.8 Å². The highest BCUT2D eigenvalue weighted by molar-refractivity contribution is 7.15. The highest BCUT2D eigenvalue weighted by atomic mass is 32.1. The Balaban J connectivity index is 1.60. The van der Waals surface area contributed by atoms with Crippen LogP contribution in [0.2, 0.25) is 33.2 Å². The van der Waals surface area contributed by atoms with Gasteiger partial charge in [0, 0.05) is 68.5 Å². The maximum Gasteiger partial charge on any atom is 0.491 e. The molecule has 350 valence electrons. The van der Waals surface area contributed by atoms with E-state index in [1.165, 1.54) is 12.1 Å². The molecular formula is C48H60F6O6S2Si2. The van der Waals surface area contributed by atoms with Crippen LogP contribution in [0.1, 0.15) is 139 Å². The molecule has 0 N–H and O–H groups in total. The van der Waals surface area contributed by atoms with Crippen LogP contribution in [-0.4, -0.2) is 52.0 Å². The molecule has 6 nitrogen and oxygen atoms in total. The number of fused-ring (bicyclic) bond motifs is 9. The maximum absolute atomic E-state index is 15.1. The molecule has 2 fully saturated rings. The molecule has 64 heavy (non-hydrogen) atoms. The minimum atomic E-state index is -5.25. The van der Waals surface area contributed by atoms with Crippen molar-refractivity contribution in [2.24, 2.45) is 47.3 Å². The van der Waals surface area contributed by atoms with Gasteiger partial charge in [-0.3, -0.25) is 9.59 Å². The number of halogens is 6. The Bertz CT molecular complexity index is 2110. The van der Waals surface area contributed by atoms with Crippen LogP contribution in [0, 0.1) is 70.3 Å². The van der Waals surface area contributed by atoms with Crippen molar-refractivity contribution in [2.45, 2.75) is 154 Å². The molecular weight excluding hydrogens is 907 g/mol. The van der Waals surface area contributed by atoms with Crippen molar-refractivity contribution < 1.29 is 55.0 Å². The second-order valence-electron chi connectivity index (χ2n) is 20.6. The summed E-state index contributed by atoms with van der Waals surface area (Å²) in [7, 11) is -4.82. The quantitative estimate of drug-likeness (QED) is 0.113. The second kappa shape index (κ2) is 17.5. The lowest BCUT2D eigenvalue weighted by atomic mass is 9.46. The lowest BCUT2D eigenvalue weighted by molar-refractivity contribution is -0.189. The standard InChI is InChI=1S/C48H60F6O6S2Si2/c1-21(2)63(22(3)4,23(5)6)17-15-29-27(13)35-36(39-37(29)43-31(41(39)55)19-33(61-43)59-45(57)47(49,50)51)28(14)30(16-18-64(24(7)8,25(9)10)26(11)12)38-40(35)42(56)32-20-34(62-44(32)38)60-46(58)48(52,53)54/h19-30,35-40H,1-14H3. The van der Waals surface area contributed by atoms with Crippen molar-refractivity contribution >= 4 is 62.3 Å². The fraction of sp³-hybridized carbons (Fsp3) is 0.667. The molecule has 10 unspecified atom stereocenters. The molecule has 2 saturated carbocycles. The van der Waals surface area contributed by atoms with Crippen molar-refractivity contribution in [2.75, 3.05) is 0 Å². The first-order valence-electron chi connectivity index (χ1n) is 22.5. The molecule has 10 atom stereocenters. The number of Topliss-reactive ketones (excluding diaryl/α,β-unsaturated/α-hetero) is 2. The number of alkyl halides is 6. The molecule has 0 amide bonds. The summed E-state index contributed by atoms with van der Waals surface area (Å²) in [6.45, 7) is 30.3. The van der Waals surface area contributed by atoms with Crippen LogP contribution in [0.5, 0.6) is 10.1 Å². The first kappa shape index (κ1) is 50.2. The van der Waals surface area contributed by atoms with Gasteiger partial charge in [-0.1, -0.05) is 96.9 Å². The number of hydrogen-bond donors (Lipinski definition) is 0. The average molecular weight is 967 g/mol. The number of hydrogen-bond acceptors (Lipinski definition) is 8. The van der Waals surface area contributed by atoms with E-state index in [4.69, 9.17) is 9.47 Å². The predicted molar refractivity (Wildman–Crippen MR) is 243 cm³/mol. The SMILES string of the molecule is CC1C(C#C[Si](C(C)C)(C(C)C)C(C)C)C2c3sc(OC(=O)C(F)(F)F)cc3C(=O)C2C2C(C)C(C#C[Si](C(C)C)(C(C)C)C(C)C)C3c4sc(OC(=O)C(F)(F)F)cc4C(=O)C3C12. The van der Waals surface area contributed by atoms with E-state index in [-0.39, 0.29) is 77.9 Å². The lowest BCUT2D eigenvalue weighted by Crippen LogP contribution is -2.56. The molecule has 0 aromatic carbocycles. The van der Waals surface area contributed by atoms with Crippen LogP contribution in [-0.2, 0) is 9.59 Å². The summed E-state index contributed by atoms with van der Waals surface area (Å²) in [5, 5.41) is -0.655. The highest BCUT2D eigenvalue weighted by Gasteiger charge is 2.67. The molecule has 2 aromatic rings. The van der Waals surface area contributed by atoms with E-state index in [2.05, 4.69) is 106 Å². The third-order valence-electron chi connectivity index (χ3n) is 15.9. The third-order valence-corrected chi connectivity index (χ3v) is 30.7. The average Bonchev–Trinajstić information content (AvgIpc) is 3.89. The van der Waals surface area contributed by atoms with Crippen LogP contribution >= 0.6 is 22.7 Å². The summed E-state index contributed by atoms with van der Waals surface area (Å²) in [4.78, 5) is 55.4. The number of ketones is 2. The largest absolute Gasteiger partial charge is 0.491 e. The van der Waals surface area contributed by atoms with Gasteiger partial charge in [0.25, 0.3) is 0 Å². The van der Waals surface area contributed by atoms with Gasteiger partial charge in [0.2, 0.25) is 0 Å². The Kier molecular flexibility index (Phi) is 13.7. The van der Waals surface area contributed by atoms with Crippen molar-refractivity contribution in [3.8, 4) is 33.1 Å². The smallest absolute Gasteiger partial charge is 0.409 e. The summed E-state index contributed by atoms with van der Waals surface area (Å²) in [5.41, 5.74) is 9.63. The zero-order valence-corrected chi connectivity index (χ0v) is 42.6. The lowest BCUT2D eigenvalue weighted by Gasteiger charge is -2.56. The summed E-state index contributed by atoms with van der Waals surface area (Å²) in [6, 6.07) is 2.49. The second-order valence-corrected chi connectivity index (χ2v) is 33.8. The number of ether oxygens (including phenoxy) is 2. The molecule has 0 saturated heterocycles. The van der Waals surface area contributed by atoms with Crippen molar-refractivity contribution in [1.82, 2.24) is 0 Å². The number of esters is 2. The van der Waals surface area contributed by atoms with Gasteiger partial charge >= 0.3 is 24.3 Å². The fourth-order valence-electron chi connectivity index (χ4n) is 13.3. The monoisotopic (exact) mass is 966 g/mol. The number of carbonyl (C=O) groups excluding carboxylic acids is 4. The first-order valence-corrected chi connectivity index (χ1v) is 28.5. The van der Waals surface area contributed by atoms with Gasteiger partial charge in [0.05, 0.1) is 0 Å². The van der Waals surface area contributed by atoms with Crippen molar-refractivity contribution in [1.29, 1.82) is 0 Å². The van der Waals surface area contributed by atoms with E-state index < -0.39 is 87.8 Å². The van der Waals surface area contributed by atoms with Gasteiger partial charge in [-0.2, -0.15) is 26.3 Å². The minimum absolute atomic E-state index is 0.195. The van der Waals surface area contributed by atoms with Gasteiger partial charge in [-0.15, -0.1) is 45.6 Å². The molecule has 4 aliphatic carbocycles.